The monoisotopic (exact) mass is 265 g/mol. The fraction of sp³-hybridized carbons (Fsp3) is 0.0909. The van der Waals surface area contributed by atoms with Crippen LogP contribution in [0.5, 0.6) is 5.75 Å². The van der Waals surface area contributed by atoms with Crippen molar-refractivity contribution in [2.45, 2.75) is 0 Å². The van der Waals surface area contributed by atoms with Gasteiger partial charge in [-0.1, -0.05) is 11.3 Å². The number of fused-ring (bicyclic) bond motifs is 1. The number of rotatable bonds is 2. The molecule has 0 saturated carbocycles. The quantitative estimate of drug-likeness (QED) is 0.715. The second kappa shape index (κ2) is 4.01. The minimum absolute atomic E-state index is 0.494. The summed E-state index contributed by atoms with van der Waals surface area (Å²) in [6, 6.07) is 7.74. The van der Waals surface area contributed by atoms with Crippen molar-refractivity contribution in [3.63, 3.8) is 0 Å². The normalized spacial score (nSPS) is 10.9. The Morgan fingerprint density at radius 3 is 2.71 bits per heavy atom. The summed E-state index contributed by atoms with van der Waals surface area (Å²) in [6.45, 7) is 0. The van der Waals surface area contributed by atoms with Crippen LogP contribution >= 0.6 is 22.9 Å². The number of methoxy groups -OCH3 is 1. The van der Waals surface area contributed by atoms with Crippen molar-refractivity contribution in [3.05, 3.63) is 34.9 Å². The molecule has 0 aliphatic rings. The van der Waals surface area contributed by atoms with Gasteiger partial charge in [-0.2, -0.15) is 0 Å². The average molecular weight is 266 g/mol. The van der Waals surface area contributed by atoms with Gasteiger partial charge in [0, 0.05) is 5.56 Å². The molecule has 1 aromatic carbocycles. The molecule has 0 unspecified atom stereocenters. The maximum Gasteiger partial charge on any atom is 0.213 e. The smallest absolute Gasteiger partial charge is 0.213 e. The average Bonchev–Trinajstić information content (AvgIpc) is 2.86. The van der Waals surface area contributed by atoms with Crippen molar-refractivity contribution in [1.29, 1.82) is 0 Å². The van der Waals surface area contributed by atoms with Crippen LogP contribution < -0.4 is 4.74 Å². The second-order valence-electron chi connectivity index (χ2n) is 3.44. The Hall–Kier alpha value is -1.59. The molecular weight excluding hydrogens is 258 g/mol. The lowest BCUT2D eigenvalue weighted by Gasteiger charge is -1.99. The lowest BCUT2D eigenvalue weighted by molar-refractivity contribution is 0.415. The fourth-order valence-electron chi connectivity index (χ4n) is 1.58. The predicted molar refractivity (Wildman–Crippen MR) is 67.9 cm³/mol. The minimum Gasteiger partial charge on any atom is -0.497 e. The van der Waals surface area contributed by atoms with Crippen LogP contribution in [0.4, 0.5) is 0 Å². The molecule has 0 fully saturated rings. The molecule has 0 radical (unpaired) electrons. The van der Waals surface area contributed by atoms with Gasteiger partial charge in [-0.3, -0.25) is 0 Å². The number of hydrogen-bond donors (Lipinski definition) is 0. The molecule has 0 aliphatic carbocycles. The van der Waals surface area contributed by atoms with Crippen LogP contribution in [0, 0.1) is 0 Å². The van der Waals surface area contributed by atoms with Gasteiger partial charge in [0.2, 0.25) is 9.43 Å². The van der Waals surface area contributed by atoms with E-state index in [0.29, 0.717) is 4.47 Å². The highest BCUT2D eigenvalue weighted by molar-refractivity contribution is 7.20. The number of nitrogens with zero attached hydrogens (tertiary/aromatic N) is 3. The summed E-state index contributed by atoms with van der Waals surface area (Å²) >= 11 is 7.15. The first-order chi connectivity index (χ1) is 8.26. The highest BCUT2D eigenvalue weighted by atomic mass is 35.5. The van der Waals surface area contributed by atoms with E-state index in [1.165, 1.54) is 11.3 Å². The first-order valence-electron chi connectivity index (χ1n) is 4.92. The van der Waals surface area contributed by atoms with Gasteiger partial charge in [0.25, 0.3) is 0 Å². The Kier molecular flexibility index (Phi) is 2.49. The zero-order valence-corrected chi connectivity index (χ0v) is 10.5. The molecule has 0 amide bonds. The molecule has 0 bridgehead atoms. The Labute approximate surface area is 106 Å². The lowest BCUT2D eigenvalue weighted by atomic mass is 10.2. The molecule has 3 rings (SSSR count). The van der Waals surface area contributed by atoms with Crippen LogP contribution in [-0.2, 0) is 0 Å². The van der Waals surface area contributed by atoms with Crippen LogP contribution in [0.3, 0.4) is 0 Å². The van der Waals surface area contributed by atoms with Crippen molar-refractivity contribution in [1.82, 2.24) is 14.6 Å². The van der Waals surface area contributed by atoms with Crippen LogP contribution in [-0.4, -0.2) is 21.7 Å². The summed E-state index contributed by atoms with van der Waals surface area (Å²) < 4.78 is 7.29. The minimum atomic E-state index is 0.494. The van der Waals surface area contributed by atoms with Gasteiger partial charge in [-0.25, -0.2) is 9.50 Å². The molecule has 4 nitrogen and oxygen atoms in total. The summed E-state index contributed by atoms with van der Waals surface area (Å²) in [5.41, 5.74) is 1.91. The maximum absolute atomic E-state index is 5.79. The van der Waals surface area contributed by atoms with Crippen molar-refractivity contribution < 1.29 is 4.74 Å². The first-order valence-corrected chi connectivity index (χ1v) is 6.12. The number of benzene rings is 1. The molecule has 6 heteroatoms. The molecule has 0 saturated heterocycles. The standard InChI is InChI=1S/C11H8ClN3OS/c1-16-8-4-2-7(3-5-8)9-6-15-11(13-9)17-10(12)14-15/h2-6H,1H3. The number of halogens is 1. The summed E-state index contributed by atoms with van der Waals surface area (Å²) in [5, 5.41) is 4.11. The van der Waals surface area contributed by atoms with Gasteiger partial charge in [0.15, 0.2) is 0 Å². The molecule has 2 aromatic heterocycles. The molecule has 0 atom stereocenters. The number of ether oxygens (including phenoxy) is 1. The Morgan fingerprint density at radius 1 is 1.29 bits per heavy atom. The fourth-order valence-corrected chi connectivity index (χ4v) is 2.48. The number of aromatic nitrogens is 3. The molecule has 0 N–H and O–H groups in total. The third-order valence-corrected chi connectivity index (χ3v) is 3.42. The molecule has 0 aliphatic heterocycles. The highest BCUT2D eigenvalue weighted by Crippen LogP contribution is 2.25. The molecule has 2 heterocycles. The highest BCUT2D eigenvalue weighted by Gasteiger charge is 2.08. The van der Waals surface area contributed by atoms with Gasteiger partial charge in [-0.15, -0.1) is 5.10 Å². The van der Waals surface area contributed by atoms with Gasteiger partial charge in [0.05, 0.1) is 19.0 Å². The van der Waals surface area contributed by atoms with E-state index in [9.17, 15) is 0 Å². The molecular formula is C11H8ClN3OS. The van der Waals surface area contributed by atoms with Gasteiger partial charge >= 0.3 is 0 Å². The number of hydrogen-bond acceptors (Lipinski definition) is 4. The summed E-state index contributed by atoms with van der Waals surface area (Å²) in [4.78, 5) is 5.25. The summed E-state index contributed by atoms with van der Waals surface area (Å²) in [6.07, 6.45) is 1.86. The second-order valence-corrected chi connectivity index (χ2v) is 4.97. The maximum atomic E-state index is 5.79. The van der Waals surface area contributed by atoms with Gasteiger partial charge in [0.1, 0.15) is 5.75 Å². The van der Waals surface area contributed by atoms with Gasteiger partial charge < -0.3 is 4.74 Å². The molecule has 3 aromatic rings. The SMILES string of the molecule is COc1ccc(-c2cn3nc(Cl)sc3n2)cc1. The van der Waals surface area contributed by atoms with E-state index in [0.717, 1.165) is 22.0 Å². The van der Waals surface area contributed by atoms with Crippen LogP contribution in [0.1, 0.15) is 0 Å². The Balaban J connectivity index is 2.04. The van der Waals surface area contributed by atoms with Crippen molar-refractivity contribution in [2.24, 2.45) is 0 Å². The van der Waals surface area contributed by atoms with E-state index in [2.05, 4.69) is 10.1 Å². The van der Waals surface area contributed by atoms with Crippen molar-refractivity contribution >= 4 is 27.9 Å². The first kappa shape index (κ1) is 10.6. The molecule has 0 spiro atoms. The summed E-state index contributed by atoms with van der Waals surface area (Å²) in [5.74, 6) is 0.830. The topological polar surface area (TPSA) is 39.4 Å². The predicted octanol–water partition coefficient (Wildman–Crippen LogP) is 3.12. The number of imidazole rings is 1. The summed E-state index contributed by atoms with van der Waals surface area (Å²) in [7, 11) is 1.65. The zero-order chi connectivity index (χ0) is 11.8. The van der Waals surface area contributed by atoms with E-state index in [1.54, 1.807) is 11.6 Å². The molecule has 17 heavy (non-hydrogen) atoms. The van der Waals surface area contributed by atoms with E-state index in [-0.39, 0.29) is 0 Å². The lowest BCUT2D eigenvalue weighted by Crippen LogP contribution is -1.82. The van der Waals surface area contributed by atoms with E-state index < -0.39 is 0 Å². The van der Waals surface area contributed by atoms with Crippen molar-refractivity contribution in [3.8, 4) is 17.0 Å². The van der Waals surface area contributed by atoms with Crippen molar-refractivity contribution in [2.75, 3.05) is 7.11 Å². The van der Waals surface area contributed by atoms with E-state index >= 15 is 0 Å². The van der Waals surface area contributed by atoms with Crippen LogP contribution in [0.2, 0.25) is 4.47 Å². The van der Waals surface area contributed by atoms with Crippen LogP contribution in [0.15, 0.2) is 30.5 Å². The van der Waals surface area contributed by atoms with E-state index in [1.807, 2.05) is 30.5 Å². The third kappa shape index (κ3) is 1.87. The van der Waals surface area contributed by atoms with Gasteiger partial charge in [-0.05, 0) is 35.9 Å². The zero-order valence-electron chi connectivity index (χ0n) is 8.92. The largest absolute Gasteiger partial charge is 0.497 e. The van der Waals surface area contributed by atoms with Crippen LogP contribution in [0.25, 0.3) is 16.2 Å². The Morgan fingerprint density at radius 2 is 2.06 bits per heavy atom. The third-order valence-electron chi connectivity index (χ3n) is 2.40. The van der Waals surface area contributed by atoms with E-state index in [4.69, 9.17) is 16.3 Å². The molecule has 86 valence electrons. The Bertz CT molecular complexity index is 627.